The molecule has 2 aromatic rings. The van der Waals surface area contributed by atoms with Gasteiger partial charge in [-0.1, -0.05) is 24.3 Å². The average Bonchev–Trinajstić information content (AvgIpc) is 2.36. The molecule has 0 bridgehead atoms. The van der Waals surface area contributed by atoms with E-state index in [1.165, 1.54) is 5.56 Å². The van der Waals surface area contributed by atoms with Crippen LogP contribution in [0.1, 0.15) is 16.8 Å². The first-order valence-corrected chi connectivity index (χ1v) is 7.06. The largest absolute Gasteiger partial charge is 0.488 e. The van der Waals surface area contributed by atoms with Gasteiger partial charge in [0.2, 0.25) is 0 Å². The second kappa shape index (κ2) is 6.24. The molecule has 0 saturated carbocycles. The van der Waals surface area contributed by atoms with Gasteiger partial charge in [-0.15, -0.1) is 11.8 Å². The number of hydrogen-bond acceptors (Lipinski definition) is 4. The van der Waals surface area contributed by atoms with Crippen LogP contribution in [0.3, 0.4) is 0 Å². The Morgan fingerprint density at radius 1 is 1.11 bits per heavy atom. The molecule has 0 unspecified atom stereocenters. The fourth-order valence-corrected chi connectivity index (χ4v) is 2.81. The molecule has 1 aromatic carbocycles. The number of pyridine rings is 1. The maximum atomic E-state index is 9.02. The van der Waals surface area contributed by atoms with Crippen LogP contribution in [0.4, 0.5) is 0 Å². The van der Waals surface area contributed by atoms with Gasteiger partial charge in [0, 0.05) is 11.4 Å². The van der Waals surface area contributed by atoms with Crippen molar-refractivity contribution in [1.29, 1.82) is 0 Å². The summed E-state index contributed by atoms with van der Waals surface area (Å²) >= 11 is 1.68. The van der Waals surface area contributed by atoms with Crippen LogP contribution in [-0.2, 0) is 5.75 Å². The normalized spacial score (nSPS) is 10.5. The highest BCUT2D eigenvalue weighted by molar-refractivity contribution is 7.98. The number of aromatic nitrogens is 1. The molecule has 0 saturated heterocycles. The molecule has 5 heteroatoms. The molecule has 0 aliphatic carbocycles. The summed E-state index contributed by atoms with van der Waals surface area (Å²) in [5.41, 5.74) is 3.89. The van der Waals surface area contributed by atoms with E-state index in [1.54, 1.807) is 23.9 Å². The summed E-state index contributed by atoms with van der Waals surface area (Å²) in [6, 6.07) is 11.4. The number of benzene rings is 1. The molecule has 19 heavy (non-hydrogen) atoms. The van der Waals surface area contributed by atoms with Gasteiger partial charge < -0.3 is 10.0 Å². The highest BCUT2D eigenvalue weighted by Gasteiger charge is 2.09. The Morgan fingerprint density at radius 2 is 1.79 bits per heavy atom. The molecular formula is C14H16BNO2S. The van der Waals surface area contributed by atoms with Gasteiger partial charge in [0.15, 0.2) is 0 Å². The zero-order chi connectivity index (χ0) is 13.8. The zero-order valence-electron chi connectivity index (χ0n) is 11.0. The quantitative estimate of drug-likeness (QED) is 0.657. The molecule has 0 spiro atoms. The summed E-state index contributed by atoms with van der Waals surface area (Å²) in [6.07, 6.45) is 0. The lowest BCUT2D eigenvalue weighted by atomic mass is 9.80. The van der Waals surface area contributed by atoms with Crippen molar-refractivity contribution >= 4 is 24.3 Å². The van der Waals surface area contributed by atoms with E-state index < -0.39 is 7.12 Å². The molecule has 0 amide bonds. The summed E-state index contributed by atoms with van der Waals surface area (Å²) in [7, 11) is -1.40. The van der Waals surface area contributed by atoms with Crippen LogP contribution in [0.25, 0.3) is 0 Å². The molecule has 3 nitrogen and oxygen atoms in total. The second-order valence-electron chi connectivity index (χ2n) is 4.53. The monoisotopic (exact) mass is 273 g/mol. The first-order valence-electron chi connectivity index (χ1n) is 6.07. The topological polar surface area (TPSA) is 53.4 Å². The lowest BCUT2D eigenvalue weighted by Gasteiger charge is -2.05. The Bertz CT molecular complexity index is 538. The van der Waals surface area contributed by atoms with Crippen LogP contribution >= 0.6 is 11.8 Å². The predicted molar refractivity (Wildman–Crippen MR) is 79.5 cm³/mol. The van der Waals surface area contributed by atoms with Gasteiger partial charge in [-0.3, -0.25) is 0 Å². The summed E-state index contributed by atoms with van der Waals surface area (Å²) in [5.74, 6) is 0.817. The van der Waals surface area contributed by atoms with E-state index in [4.69, 9.17) is 10.0 Å². The van der Waals surface area contributed by atoms with Crippen LogP contribution in [0, 0.1) is 13.8 Å². The van der Waals surface area contributed by atoms with Gasteiger partial charge in [-0.2, -0.15) is 0 Å². The maximum absolute atomic E-state index is 9.02. The minimum atomic E-state index is -1.40. The molecule has 0 aliphatic heterocycles. The van der Waals surface area contributed by atoms with E-state index in [-0.39, 0.29) is 0 Å². The van der Waals surface area contributed by atoms with Gasteiger partial charge in [0.25, 0.3) is 0 Å². The van der Waals surface area contributed by atoms with Crippen molar-refractivity contribution in [3.63, 3.8) is 0 Å². The van der Waals surface area contributed by atoms with Crippen LogP contribution in [0.15, 0.2) is 41.4 Å². The SMILES string of the molecule is Cc1cc(C)nc(SCc2ccc(B(O)O)cc2)c1. The Kier molecular flexibility index (Phi) is 4.63. The molecule has 1 aromatic heterocycles. The number of nitrogens with zero attached hydrogens (tertiary/aromatic N) is 1. The summed E-state index contributed by atoms with van der Waals surface area (Å²) in [5, 5.41) is 19.1. The third-order valence-electron chi connectivity index (χ3n) is 2.74. The highest BCUT2D eigenvalue weighted by atomic mass is 32.2. The van der Waals surface area contributed by atoms with E-state index in [0.29, 0.717) is 5.46 Å². The van der Waals surface area contributed by atoms with E-state index in [1.807, 2.05) is 19.1 Å². The Balaban J connectivity index is 2.02. The Hall–Kier alpha value is -1.30. The summed E-state index contributed by atoms with van der Waals surface area (Å²) in [4.78, 5) is 4.48. The number of rotatable bonds is 4. The van der Waals surface area contributed by atoms with E-state index >= 15 is 0 Å². The molecule has 1 heterocycles. The third-order valence-corrected chi connectivity index (χ3v) is 3.72. The van der Waals surface area contributed by atoms with E-state index in [0.717, 1.165) is 22.0 Å². The number of hydrogen-bond donors (Lipinski definition) is 2. The van der Waals surface area contributed by atoms with Crippen LogP contribution in [0.2, 0.25) is 0 Å². The molecule has 0 aliphatic rings. The minimum Gasteiger partial charge on any atom is -0.423 e. The van der Waals surface area contributed by atoms with E-state index in [2.05, 4.69) is 24.0 Å². The van der Waals surface area contributed by atoms with Gasteiger partial charge in [-0.25, -0.2) is 4.98 Å². The minimum absolute atomic E-state index is 0.512. The van der Waals surface area contributed by atoms with Gasteiger partial charge in [0.1, 0.15) is 0 Å². The highest BCUT2D eigenvalue weighted by Crippen LogP contribution is 2.21. The standard InChI is InChI=1S/C14H16BNO2S/c1-10-7-11(2)16-14(8-10)19-9-12-3-5-13(6-4-12)15(17)18/h3-8,17-18H,9H2,1-2H3. The zero-order valence-corrected chi connectivity index (χ0v) is 11.8. The molecule has 98 valence electrons. The summed E-state index contributed by atoms with van der Waals surface area (Å²) < 4.78 is 0. The Labute approximate surface area is 117 Å². The molecule has 2 N–H and O–H groups in total. The summed E-state index contributed by atoms with van der Waals surface area (Å²) in [6.45, 7) is 4.06. The van der Waals surface area contributed by atoms with Crippen molar-refractivity contribution in [2.24, 2.45) is 0 Å². The third kappa shape index (κ3) is 4.09. The van der Waals surface area contributed by atoms with Crippen molar-refractivity contribution < 1.29 is 10.0 Å². The predicted octanol–water partition coefficient (Wildman–Crippen LogP) is 1.67. The van der Waals surface area contributed by atoms with Crippen molar-refractivity contribution in [3.05, 3.63) is 53.2 Å². The first kappa shape index (κ1) is 14.1. The van der Waals surface area contributed by atoms with Crippen molar-refractivity contribution in [2.75, 3.05) is 0 Å². The fourth-order valence-electron chi connectivity index (χ4n) is 1.82. The van der Waals surface area contributed by atoms with Crippen LogP contribution in [0.5, 0.6) is 0 Å². The van der Waals surface area contributed by atoms with Gasteiger partial charge in [0.05, 0.1) is 5.03 Å². The van der Waals surface area contributed by atoms with Crippen molar-refractivity contribution in [2.45, 2.75) is 24.6 Å². The molecule has 0 fully saturated rings. The lowest BCUT2D eigenvalue weighted by molar-refractivity contribution is 0.426. The van der Waals surface area contributed by atoms with Crippen LogP contribution in [-0.4, -0.2) is 22.2 Å². The van der Waals surface area contributed by atoms with Gasteiger partial charge in [-0.05, 0) is 42.6 Å². The molecule has 0 radical (unpaired) electrons. The van der Waals surface area contributed by atoms with Gasteiger partial charge >= 0.3 is 7.12 Å². The molecule has 2 rings (SSSR count). The average molecular weight is 273 g/mol. The molecular weight excluding hydrogens is 257 g/mol. The maximum Gasteiger partial charge on any atom is 0.488 e. The lowest BCUT2D eigenvalue weighted by Crippen LogP contribution is -2.29. The molecule has 0 atom stereocenters. The fraction of sp³-hybridized carbons (Fsp3) is 0.214. The van der Waals surface area contributed by atoms with Crippen molar-refractivity contribution in [3.8, 4) is 0 Å². The van der Waals surface area contributed by atoms with E-state index in [9.17, 15) is 0 Å². The smallest absolute Gasteiger partial charge is 0.423 e. The number of thioether (sulfide) groups is 1. The van der Waals surface area contributed by atoms with Crippen LogP contribution < -0.4 is 5.46 Å². The second-order valence-corrected chi connectivity index (χ2v) is 5.52. The first-order chi connectivity index (χ1) is 9.04. The number of aryl methyl sites for hydroxylation is 2. The van der Waals surface area contributed by atoms with Crippen molar-refractivity contribution in [1.82, 2.24) is 4.98 Å². The Morgan fingerprint density at radius 3 is 2.37 bits per heavy atom.